The first-order valence-corrected chi connectivity index (χ1v) is 5.68. The summed E-state index contributed by atoms with van der Waals surface area (Å²) >= 11 is -2.08. The molecule has 86 valence electrons. The van der Waals surface area contributed by atoms with Gasteiger partial charge in [0.15, 0.2) is 26.9 Å². The van der Waals surface area contributed by atoms with E-state index in [-0.39, 0.29) is 0 Å². The highest BCUT2D eigenvalue weighted by Gasteiger charge is 2.25. The van der Waals surface area contributed by atoms with Gasteiger partial charge in [-0.3, -0.25) is 3.07 Å². The third-order valence-electron chi connectivity index (χ3n) is 1.74. The van der Waals surface area contributed by atoms with Gasteiger partial charge in [0.2, 0.25) is 0 Å². The molecule has 0 aliphatic rings. The molecule has 0 atom stereocenters. The SMILES string of the molecule is O=Ic1c(C(=O)O)cc(O)c(C(=O)O)c1O. The molecule has 0 aliphatic carbocycles. The molecule has 0 saturated carbocycles. The Morgan fingerprint density at radius 2 is 1.69 bits per heavy atom. The number of phenols is 2. The zero-order valence-electron chi connectivity index (χ0n) is 7.47. The van der Waals surface area contributed by atoms with Gasteiger partial charge in [-0.05, 0) is 6.07 Å². The predicted octanol–water partition coefficient (Wildman–Crippen LogP) is 0.980. The zero-order chi connectivity index (χ0) is 12.5. The van der Waals surface area contributed by atoms with Gasteiger partial charge in [0, 0.05) is 0 Å². The Hall–Kier alpha value is -1.71. The third kappa shape index (κ3) is 1.96. The van der Waals surface area contributed by atoms with Gasteiger partial charge >= 0.3 is 11.9 Å². The van der Waals surface area contributed by atoms with Crippen LogP contribution in [0, 0.1) is 3.57 Å². The van der Waals surface area contributed by atoms with Crippen LogP contribution in [0.2, 0.25) is 0 Å². The quantitative estimate of drug-likeness (QED) is 0.603. The lowest BCUT2D eigenvalue weighted by molar-refractivity contribution is 0.0673. The van der Waals surface area contributed by atoms with E-state index in [4.69, 9.17) is 10.2 Å². The van der Waals surface area contributed by atoms with Crippen molar-refractivity contribution < 1.29 is 33.1 Å². The van der Waals surface area contributed by atoms with Gasteiger partial charge in [-0.1, -0.05) is 0 Å². The van der Waals surface area contributed by atoms with Gasteiger partial charge in [0.25, 0.3) is 0 Å². The summed E-state index contributed by atoms with van der Waals surface area (Å²) in [7, 11) is 0. The molecule has 1 aromatic carbocycles. The van der Waals surface area contributed by atoms with Crippen molar-refractivity contribution in [2.75, 3.05) is 0 Å². The third-order valence-corrected chi connectivity index (χ3v) is 3.27. The fraction of sp³-hybridized carbons (Fsp3) is 0. The number of aromatic hydroxyl groups is 2. The lowest BCUT2D eigenvalue weighted by atomic mass is 10.1. The van der Waals surface area contributed by atoms with E-state index in [9.17, 15) is 22.9 Å². The van der Waals surface area contributed by atoms with Crippen molar-refractivity contribution in [2.24, 2.45) is 0 Å². The van der Waals surface area contributed by atoms with Crippen LogP contribution in [0.4, 0.5) is 0 Å². The number of hydrogen-bond donors (Lipinski definition) is 4. The van der Waals surface area contributed by atoms with Gasteiger partial charge in [0.05, 0.1) is 5.56 Å². The highest BCUT2D eigenvalue weighted by Crippen LogP contribution is 2.36. The molecule has 7 nitrogen and oxygen atoms in total. The molecule has 16 heavy (non-hydrogen) atoms. The first-order valence-electron chi connectivity index (χ1n) is 3.72. The Kier molecular flexibility index (Phi) is 3.42. The molecule has 0 heterocycles. The number of halogens is 1. The highest BCUT2D eigenvalue weighted by molar-refractivity contribution is 14.1. The minimum Gasteiger partial charge on any atom is -0.507 e. The maximum absolute atomic E-state index is 10.8. The number of aromatic carboxylic acids is 2. The standard InChI is InChI=1S/C8H5IO7/c10-3-1-2(7(12)13)5(9-16)6(11)4(3)8(14)15/h1,10-11H,(H,12,13)(H,14,15). The second-order valence-corrected chi connectivity index (χ2v) is 4.19. The number of carbonyl (C=O) groups is 2. The number of carboxylic acids is 2. The summed E-state index contributed by atoms with van der Waals surface area (Å²) in [4.78, 5) is 21.3. The molecule has 0 saturated heterocycles. The van der Waals surface area contributed by atoms with Crippen molar-refractivity contribution in [1.29, 1.82) is 0 Å². The molecule has 8 heteroatoms. The first-order chi connectivity index (χ1) is 7.40. The molecule has 1 aromatic rings. The average molecular weight is 340 g/mol. The molecule has 0 unspecified atom stereocenters. The average Bonchev–Trinajstić information content (AvgIpc) is 2.16. The molecular formula is C8H5IO7. The summed E-state index contributed by atoms with van der Waals surface area (Å²) < 4.78 is 10.3. The largest absolute Gasteiger partial charge is 0.507 e. The van der Waals surface area contributed by atoms with Crippen LogP contribution in [0.5, 0.6) is 11.5 Å². The fourth-order valence-electron chi connectivity index (χ4n) is 1.08. The Morgan fingerprint density at radius 3 is 2.06 bits per heavy atom. The van der Waals surface area contributed by atoms with Gasteiger partial charge in [0.1, 0.15) is 14.9 Å². The van der Waals surface area contributed by atoms with Crippen LogP contribution in [0.15, 0.2) is 6.07 Å². The van der Waals surface area contributed by atoms with Crippen LogP contribution in [-0.4, -0.2) is 32.4 Å². The van der Waals surface area contributed by atoms with Crippen LogP contribution in [0.25, 0.3) is 0 Å². The summed E-state index contributed by atoms with van der Waals surface area (Å²) in [6.07, 6.45) is 0. The smallest absolute Gasteiger partial charge is 0.343 e. The van der Waals surface area contributed by atoms with Crippen molar-refractivity contribution in [3.63, 3.8) is 0 Å². The van der Waals surface area contributed by atoms with E-state index in [0.717, 1.165) is 0 Å². The normalized spacial score (nSPS) is 10.0. The van der Waals surface area contributed by atoms with E-state index in [1.807, 2.05) is 0 Å². The monoisotopic (exact) mass is 340 g/mol. The van der Waals surface area contributed by atoms with E-state index in [2.05, 4.69) is 0 Å². The molecule has 0 fully saturated rings. The van der Waals surface area contributed by atoms with E-state index in [1.165, 1.54) is 0 Å². The molecular weight excluding hydrogens is 335 g/mol. The van der Waals surface area contributed by atoms with Crippen LogP contribution in [-0.2, 0) is 3.07 Å². The second kappa shape index (κ2) is 4.43. The Labute approximate surface area is 98.6 Å². The van der Waals surface area contributed by atoms with Gasteiger partial charge < -0.3 is 20.4 Å². The van der Waals surface area contributed by atoms with E-state index >= 15 is 0 Å². The number of rotatable bonds is 3. The number of carboxylic acid groups (broad SMARTS) is 2. The molecule has 0 spiro atoms. The summed E-state index contributed by atoms with van der Waals surface area (Å²) in [6.45, 7) is 0. The summed E-state index contributed by atoms with van der Waals surface area (Å²) in [5, 5.41) is 35.9. The molecule has 0 aromatic heterocycles. The van der Waals surface area contributed by atoms with Crippen molar-refractivity contribution in [2.45, 2.75) is 0 Å². The predicted molar refractivity (Wildman–Crippen MR) is 57.1 cm³/mol. The molecule has 0 bridgehead atoms. The Bertz CT molecular complexity index is 494. The number of hydrogen-bond acceptors (Lipinski definition) is 5. The van der Waals surface area contributed by atoms with Crippen molar-refractivity contribution in [3.05, 3.63) is 20.8 Å². The van der Waals surface area contributed by atoms with E-state index in [1.54, 1.807) is 0 Å². The lowest BCUT2D eigenvalue weighted by Crippen LogP contribution is -2.05. The van der Waals surface area contributed by atoms with Gasteiger partial charge in [-0.15, -0.1) is 0 Å². The topological polar surface area (TPSA) is 132 Å². The highest BCUT2D eigenvalue weighted by atomic mass is 127. The first kappa shape index (κ1) is 12.4. The second-order valence-electron chi connectivity index (χ2n) is 2.67. The lowest BCUT2D eigenvalue weighted by Gasteiger charge is -2.07. The van der Waals surface area contributed by atoms with Crippen LogP contribution >= 0.6 is 21.2 Å². The molecule has 0 aliphatic heterocycles. The van der Waals surface area contributed by atoms with E-state index in [0.29, 0.717) is 6.07 Å². The van der Waals surface area contributed by atoms with Crippen molar-refractivity contribution in [1.82, 2.24) is 0 Å². The minimum absolute atomic E-state index is 0.457. The summed E-state index contributed by atoms with van der Waals surface area (Å²) in [5.74, 6) is -4.99. The zero-order valence-corrected chi connectivity index (χ0v) is 9.63. The van der Waals surface area contributed by atoms with Crippen LogP contribution in [0.3, 0.4) is 0 Å². The Morgan fingerprint density at radius 1 is 1.12 bits per heavy atom. The molecule has 1 rings (SSSR count). The van der Waals surface area contributed by atoms with Crippen LogP contribution in [0.1, 0.15) is 20.7 Å². The van der Waals surface area contributed by atoms with Gasteiger partial charge in [-0.2, -0.15) is 0 Å². The maximum Gasteiger partial charge on any atom is 0.343 e. The van der Waals surface area contributed by atoms with Gasteiger partial charge in [-0.25, -0.2) is 9.59 Å². The molecule has 4 N–H and O–H groups in total. The molecule has 0 amide bonds. The fourth-order valence-corrected chi connectivity index (χ4v) is 2.18. The van der Waals surface area contributed by atoms with E-state index < -0.39 is 59.3 Å². The Balaban J connectivity index is 3.69. The number of benzene rings is 1. The minimum atomic E-state index is -2.08. The summed E-state index contributed by atoms with van der Waals surface area (Å²) in [5.41, 5.74) is -1.42. The van der Waals surface area contributed by atoms with Crippen molar-refractivity contribution in [3.8, 4) is 11.5 Å². The van der Waals surface area contributed by atoms with Crippen molar-refractivity contribution >= 4 is 33.1 Å². The van der Waals surface area contributed by atoms with Crippen LogP contribution < -0.4 is 0 Å². The maximum atomic E-state index is 10.8. The molecule has 0 radical (unpaired) electrons. The summed E-state index contributed by atoms with van der Waals surface area (Å²) in [6, 6.07) is 0.651.